The van der Waals surface area contributed by atoms with Gasteiger partial charge in [-0.15, -0.1) is 0 Å². The number of benzene rings is 1. The summed E-state index contributed by atoms with van der Waals surface area (Å²) in [7, 11) is 0. The Kier molecular flexibility index (Phi) is 7.13. The van der Waals surface area contributed by atoms with Crippen LogP contribution in [0.15, 0.2) is 42.6 Å². The fourth-order valence-electron chi connectivity index (χ4n) is 5.56. The number of ether oxygens (including phenoxy) is 1. The van der Waals surface area contributed by atoms with E-state index < -0.39 is 6.10 Å². The molecule has 182 valence electrons. The van der Waals surface area contributed by atoms with Crippen LogP contribution in [0.4, 0.5) is 4.79 Å². The molecule has 2 fully saturated rings. The van der Waals surface area contributed by atoms with Crippen molar-refractivity contribution in [1.82, 2.24) is 19.7 Å². The summed E-state index contributed by atoms with van der Waals surface area (Å²) < 4.78 is 5.55. The van der Waals surface area contributed by atoms with E-state index in [1.807, 2.05) is 11.1 Å². The van der Waals surface area contributed by atoms with Crippen molar-refractivity contribution >= 4 is 6.03 Å². The van der Waals surface area contributed by atoms with Crippen molar-refractivity contribution in [2.24, 2.45) is 5.92 Å². The van der Waals surface area contributed by atoms with E-state index >= 15 is 0 Å². The lowest BCUT2D eigenvalue weighted by Crippen LogP contribution is -2.43. The molecule has 7 nitrogen and oxygen atoms in total. The Bertz CT molecular complexity index is 982. The summed E-state index contributed by atoms with van der Waals surface area (Å²) in [5.74, 6) is 0.925. The fourth-order valence-corrected chi connectivity index (χ4v) is 5.56. The van der Waals surface area contributed by atoms with Crippen LogP contribution in [-0.4, -0.2) is 82.9 Å². The minimum atomic E-state index is -0.545. The first-order chi connectivity index (χ1) is 16.6. The minimum absolute atomic E-state index is 0.00479. The van der Waals surface area contributed by atoms with Crippen molar-refractivity contribution in [1.29, 1.82) is 0 Å². The van der Waals surface area contributed by atoms with Gasteiger partial charge in [0.2, 0.25) is 0 Å². The number of rotatable bonds is 7. The summed E-state index contributed by atoms with van der Waals surface area (Å²) in [5, 5.41) is 10.7. The molecule has 3 atom stereocenters. The van der Waals surface area contributed by atoms with E-state index in [2.05, 4.69) is 48.2 Å². The van der Waals surface area contributed by atoms with Gasteiger partial charge < -0.3 is 19.6 Å². The van der Waals surface area contributed by atoms with E-state index in [1.165, 1.54) is 11.1 Å². The molecule has 0 radical (unpaired) electrons. The van der Waals surface area contributed by atoms with Crippen LogP contribution in [0.2, 0.25) is 0 Å². The van der Waals surface area contributed by atoms with E-state index in [-0.39, 0.29) is 6.03 Å². The minimum Gasteiger partial charge on any atom is -0.390 e. The Morgan fingerprint density at radius 1 is 1.09 bits per heavy atom. The topological polar surface area (TPSA) is 69.1 Å². The molecular weight excluding hydrogens is 428 g/mol. The van der Waals surface area contributed by atoms with Gasteiger partial charge in [-0.3, -0.25) is 9.88 Å². The van der Waals surface area contributed by atoms with Crippen LogP contribution in [0.25, 0.3) is 0 Å². The highest BCUT2D eigenvalue weighted by molar-refractivity contribution is 5.76. The molecule has 3 aliphatic heterocycles. The molecule has 1 aromatic carbocycles. The summed E-state index contributed by atoms with van der Waals surface area (Å²) in [4.78, 5) is 23.6. The van der Waals surface area contributed by atoms with Crippen LogP contribution in [-0.2, 0) is 24.2 Å². The maximum absolute atomic E-state index is 13.0. The third-order valence-corrected chi connectivity index (χ3v) is 7.53. The second-order valence-electron chi connectivity index (χ2n) is 10.1. The van der Waals surface area contributed by atoms with Crippen LogP contribution in [0, 0.1) is 5.92 Å². The lowest BCUT2D eigenvalue weighted by Gasteiger charge is -2.31. The lowest BCUT2D eigenvalue weighted by molar-refractivity contribution is 0.0463. The van der Waals surface area contributed by atoms with Gasteiger partial charge in [-0.25, -0.2) is 4.79 Å². The smallest absolute Gasteiger partial charge is 0.320 e. The highest BCUT2D eigenvalue weighted by Crippen LogP contribution is 2.30. The number of carbonyl (C=O) groups is 1. The summed E-state index contributed by atoms with van der Waals surface area (Å²) in [5.41, 5.74) is 4.92. The van der Waals surface area contributed by atoms with E-state index in [0.717, 1.165) is 50.4 Å². The van der Waals surface area contributed by atoms with Crippen molar-refractivity contribution in [3.8, 4) is 0 Å². The van der Waals surface area contributed by atoms with Crippen LogP contribution in [0.3, 0.4) is 0 Å². The average Bonchev–Trinajstić information content (AvgIpc) is 3.18. The number of urea groups is 1. The van der Waals surface area contributed by atoms with Crippen molar-refractivity contribution < 1.29 is 14.6 Å². The van der Waals surface area contributed by atoms with Gasteiger partial charge in [0.15, 0.2) is 0 Å². The molecule has 34 heavy (non-hydrogen) atoms. The van der Waals surface area contributed by atoms with Gasteiger partial charge in [0.05, 0.1) is 6.10 Å². The number of nitrogens with zero attached hydrogens (tertiary/aromatic N) is 4. The first-order valence-electron chi connectivity index (χ1n) is 12.6. The predicted octanol–water partition coefficient (Wildman–Crippen LogP) is 2.88. The van der Waals surface area contributed by atoms with Crippen molar-refractivity contribution in [2.45, 2.75) is 44.9 Å². The Hall–Kier alpha value is -2.48. The molecule has 4 heterocycles. The van der Waals surface area contributed by atoms with Crippen LogP contribution >= 0.6 is 0 Å². The van der Waals surface area contributed by atoms with E-state index in [9.17, 15) is 9.90 Å². The zero-order valence-electron chi connectivity index (χ0n) is 20.1. The number of aliphatic hydroxyl groups is 1. The third-order valence-electron chi connectivity index (χ3n) is 7.53. The number of β-amino-alcohol motifs (C(OH)–C–C–N with tert-alkyl or cyclic N) is 1. The first-order valence-corrected chi connectivity index (χ1v) is 12.6. The van der Waals surface area contributed by atoms with Crippen LogP contribution in [0.5, 0.6) is 0 Å². The normalized spacial score (nSPS) is 24.4. The number of carbonyl (C=O) groups excluding carboxylic acids is 1. The Morgan fingerprint density at radius 2 is 1.91 bits per heavy atom. The number of aliphatic hydroxyl groups excluding tert-OH is 1. The van der Waals surface area contributed by atoms with Gasteiger partial charge in [-0.1, -0.05) is 37.3 Å². The standard InChI is InChI=1S/C27H36N4O3/c1-20-19-34-13-9-25(20)26-7-6-21(14-28-26)15-30-11-12-31(27(30)33)18-24(32)17-29-10-8-22-4-2-3-5-23(22)16-29/h2-7,14,20,24-25,32H,8-13,15-19H2,1H3/t20?,24-,25?/m1/s1. The Morgan fingerprint density at radius 3 is 2.71 bits per heavy atom. The van der Waals surface area contributed by atoms with Crippen molar-refractivity contribution in [3.63, 3.8) is 0 Å². The number of hydrogen-bond acceptors (Lipinski definition) is 5. The number of fused-ring (bicyclic) bond motifs is 1. The largest absolute Gasteiger partial charge is 0.390 e. The van der Waals surface area contributed by atoms with Crippen molar-refractivity contribution in [2.75, 3.05) is 45.9 Å². The molecule has 0 spiro atoms. The average molecular weight is 465 g/mol. The number of hydrogen-bond donors (Lipinski definition) is 1. The zero-order chi connectivity index (χ0) is 23.5. The summed E-state index contributed by atoms with van der Waals surface area (Å²) >= 11 is 0. The maximum atomic E-state index is 13.0. The molecule has 0 bridgehead atoms. The zero-order valence-corrected chi connectivity index (χ0v) is 20.1. The van der Waals surface area contributed by atoms with Gasteiger partial charge in [0.1, 0.15) is 0 Å². The van der Waals surface area contributed by atoms with E-state index in [4.69, 9.17) is 9.72 Å². The number of pyridine rings is 1. The molecule has 5 rings (SSSR count). The highest BCUT2D eigenvalue weighted by Gasteiger charge is 2.31. The second-order valence-corrected chi connectivity index (χ2v) is 10.1. The monoisotopic (exact) mass is 464 g/mol. The maximum Gasteiger partial charge on any atom is 0.320 e. The molecule has 2 unspecified atom stereocenters. The number of aromatic nitrogens is 1. The predicted molar refractivity (Wildman–Crippen MR) is 130 cm³/mol. The third kappa shape index (κ3) is 5.27. The molecule has 1 aromatic heterocycles. The first kappa shape index (κ1) is 23.3. The molecule has 0 aliphatic carbocycles. The molecule has 2 amide bonds. The Balaban J connectivity index is 1.10. The molecule has 2 aromatic rings. The van der Waals surface area contributed by atoms with E-state index in [1.54, 1.807) is 4.90 Å². The van der Waals surface area contributed by atoms with Gasteiger partial charge in [0, 0.05) is 76.8 Å². The molecule has 2 saturated heterocycles. The molecule has 3 aliphatic rings. The Labute approximate surface area is 202 Å². The summed E-state index contributed by atoms with van der Waals surface area (Å²) in [6.07, 6.45) is 3.40. The van der Waals surface area contributed by atoms with Gasteiger partial charge in [-0.05, 0) is 41.5 Å². The van der Waals surface area contributed by atoms with Gasteiger partial charge in [0.25, 0.3) is 0 Å². The van der Waals surface area contributed by atoms with Crippen LogP contribution < -0.4 is 0 Å². The molecule has 7 heteroatoms. The van der Waals surface area contributed by atoms with Gasteiger partial charge >= 0.3 is 6.03 Å². The quantitative estimate of drug-likeness (QED) is 0.683. The van der Waals surface area contributed by atoms with Crippen LogP contribution in [0.1, 0.15) is 41.6 Å². The molecule has 0 saturated carbocycles. The molecule has 1 N–H and O–H groups in total. The lowest BCUT2D eigenvalue weighted by atomic mass is 9.87. The van der Waals surface area contributed by atoms with Gasteiger partial charge in [-0.2, -0.15) is 0 Å². The SMILES string of the molecule is CC1COCCC1c1ccc(CN2CCN(C[C@H](O)CN3CCc4ccccc4C3)C2=O)cn1. The summed E-state index contributed by atoms with van der Waals surface area (Å²) in [6, 6.07) is 12.7. The summed E-state index contributed by atoms with van der Waals surface area (Å²) in [6.45, 7) is 8.50. The number of amides is 2. The highest BCUT2D eigenvalue weighted by atomic mass is 16.5. The van der Waals surface area contributed by atoms with E-state index in [0.29, 0.717) is 44.6 Å². The second kappa shape index (κ2) is 10.4. The molecular formula is C27H36N4O3. The van der Waals surface area contributed by atoms with Crippen molar-refractivity contribution in [3.05, 3.63) is 65.0 Å². The fraction of sp³-hybridized carbons (Fsp3) is 0.556.